The number of tetrazole rings is 1. The number of likely N-dealkylation sites (N-methyl/N-ethyl adjacent to an activating group) is 1. The van der Waals surface area contributed by atoms with Gasteiger partial charge in [0.2, 0.25) is 5.16 Å². The van der Waals surface area contributed by atoms with Gasteiger partial charge in [-0.1, -0.05) is 17.7 Å². The van der Waals surface area contributed by atoms with Crippen molar-refractivity contribution in [2.75, 3.05) is 19.3 Å². The number of hydrogen-bond acceptors (Lipinski definition) is 5. The Balaban J connectivity index is 2.51. The fraction of sp³-hybridized carbons (Fsp3) is 0.571. The summed E-state index contributed by atoms with van der Waals surface area (Å²) in [6, 6.07) is 0. The van der Waals surface area contributed by atoms with Crippen LogP contribution in [0.2, 0.25) is 0 Å². The minimum atomic E-state index is 0.597. The van der Waals surface area contributed by atoms with E-state index in [0.29, 0.717) is 5.75 Å². The fourth-order valence-electron chi connectivity index (χ4n) is 0.764. The number of nitrogens with zero attached hydrogens (tertiary/aromatic N) is 4. The van der Waals surface area contributed by atoms with Crippen molar-refractivity contribution in [1.29, 1.82) is 0 Å². The van der Waals surface area contributed by atoms with Gasteiger partial charge in [0.25, 0.3) is 0 Å². The highest BCUT2D eigenvalue weighted by atomic mass is 32.2. The summed E-state index contributed by atoms with van der Waals surface area (Å²) in [5.74, 6) is 3.12. The largest absolute Gasteiger partial charge is 0.318 e. The van der Waals surface area contributed by atoms with E-state index in [1.807, 2.05) is 7.05 Å². The molecule has 70 valence electrons. The Morgan fingerprint density at radius 3 is 3.23 bits per heavy atom. The summed E-state index contributed by atoms with van der Waals surface area (Å²) in [6.45, 7) is 1.60. The molecule has 1 rings (SSSR count). The zero-order valence-corrected chi connectivity index (χ0v) is 8.21. The van der Waals surface area contributed by atoms with Crippen molar-refractivity contribution in [2.45, 2.75) is 11.7 Å². The van der Waals surface area contributed by atoms with Crippen LogP contribution < -0.4 is 5.32 Å². The molecule has 0 spiro atoms. The second kappa shape index (κ2) is 5.56. The molecule has 13 heavy (non-hydrogen) atoms. The van der Waals surface area contributed by atoms with Crippen molar-refractivity contribution >= 4 is 11.8 Å². The number of rotatable bonds is 5. The normalized spacial score (nSPS) is 9.85. The van der Waals surface area contributed by atoms with Crippen molar-refractivity contribution in [1.82, 2.24) is 25.5 Å². The van der Waals surface area contributed by atoms with Crippen LogP contribution in [-0.4, -0.2) is 39.6 Å². The standard InChI is InChI=1S/C7H11N5S/c1-3-6-13-7-9-10-11-12(7)5-4-8-2/h1,8H,4-6H2,2H3. The van der Waals surface area contributed by atoms with Crippen molar-refractivity contribution in [3.63, 3.8) is 0 Å². The average molecular weight is 197 g/mol. The second-order valence-electron chi connectivity index (χ2n) is 2.28. The van der Waals surface area contributed by atoms with E-state index in [0.717, 1.165) is 18.2 Å². The van der Waals surface area contributed by atoms with Gasteiger partial charge >= 0.3 is 0 Å². The molecule has 0 atom stereocenters. The minimum absolute atomic E-state index is 0.597. The summed E-state index contributed by atoms with van der Waals surface area (Å²) in [7, 11) is 1.89. The highest BCUT2D eigenvalue weighted by Crippen LogP contribution is 2.11. The van der Waals surface area contributed by atoms with Crippen LogP contribution in [0, 0.1) is 12.3 Å². The topological polar surface area (TPSA) is 55.6 Å². The van der Waals surface area contributed by atoms with Crippen LogP contribution in [0.4, 0.5) is 0 Å². The molecule has 0 aliphatic rings. The van der Waals surface area contributed by atoms with Crippen molar-refractivity contribution in [3.05, 3.63) is 0 Å². The number of terminal acetylenes is 1. The van der Waals surface area contributed by atoms with Crippen molar-refractivity contribution in [2.24, 2.45) is 0 Å². The van der Waals surface area contributed by atoms with Crippen LogP contribution in [0.25, 0.3) is 0 Å². The molecule has 6 heteroatoms. The number of aromatic nitrogens is 4. The van der Waals surface area contributed by atoms with Gasteiger partial charge in [0, 0.05) is 6.54 Å². The molecule has 0 aromatic carbocycles. The summed E-state index contributed by atoms with van der Waals surface area (Å²) in [6.07, 6.45) is 5.13. The average Bonchev–Trinajstić information content (AvgIpc) is 2.59. The third-order valence-electron chi connectivity index (χ3n) is 1.36. The Morgan fingerprint density at radius 2 is 2.54 bits per heavy atom. The molecule has 1 N–H and O–H groups in total. The van der Waals surface area contributed by atoms with Gasteiger partial charge in [-0.05, 0) is 17.5 Å². The lowest BCUT2D eigenvalue weighted by molar-refractivity contribution is 0.530. The Morgan fingerprint density at radius 1 is 1.69 bits per heavy atom. The van der Waals surface area contributed by atoms with Crippen LogP contribution in [0.3, 0.4) is 0 Å². The molecule has 0 aliphatic heterocycles. The molecule has 1 heterocycles. The molecular formula is C7H11N5S. The first kappa shape index (κ1) is 10.0. The Kier molecular flexibility index (Phi) is 4.29. The summed E-state index contributed by atoms with van der Waals surface area (Å²) >= 11 is 1.47. The van der Waals surface area contributed by atoms with Gasteiger partial charge in [-0.25, -0.2) is 4.68 Å². The van der Waals surface area contributed by atoms with E-state index in [4.69, 9.17) is 6.42 Å². The SMILES string of the molecule is C#CCSc1nnnn1CCNC. The highest BCUT2D eigenvalue weighted by molar-refractivity contribution is 7.99. The molecule has 0 radical (unpaired) electrons. The Bertz CT molecular complexity index is 289. The first-order chi connectivity index (χ1) is 6.38. The molecule has 0 aliphatic carbocycles. The van der Waals surface area contributed by atoms with Crippen LogP contribution in [0.15, 0.2) is 5.16 Å². The Labute approximate surface area is 81.3 Å². The molecule has 0 bridgehead atoms. The third-order valence-corrected chi connectivity index (χ3v) is 2.22. The number of hydrogen-bond donors (Lipinski definition) is 1. The number of nitrogens with one attached hydrogen (secondary N) is 1. The van der Waals surface area contributed by atoms with Gasteiger partial charge in [0.15, 0.2) is 0 Å². The molecular weight excluding hydrogens is 186 g/mol. The van der Waals surface area contributed by atoms with Gasteiger partial charge in [0.1, 0.15) is 0 Å². The van der Waals surface area contributed by atoms with E-state index in [9.17, 15) is 0 Å². The molecule has 1 aromatic rings. The van der Waals surface area contributed by atoms with Crippen LogP contribution in [0.1, 0.15) is 0 Å². The van der Waals surface area contributed by atoms with Gasteiger partial charge in [-0.2, -0.15) is 0 Å². The van der Waals surface area contributed by atoms with Gasteiger partial charge in [-0.3, -0.25) is 0 Å². The van der Waals surface area contributed by atoms with E-state index >= 15 is 0 Å². The van der Waals surface area contributed by atoms with Crippen molar-refractivity contribution < 1.29 is 0 Å². The first-order valence-electron chi connectivity index (χ1n) is 3.85. The highest BCUT2D eigenvalue weighted by Gasteiger charge is 2.04. The minimum Gasteiger partial charge on any atom is -0.318 e. The summed E-state index contributed by atoms with van der Waals surface area (Å²) in [5, 5.41) is 15.0. The summed E-state index contributed by atoms with van der Waals surface area (Å²) < 4.78 is 1.73. The lowest BCUT2D eigenvalue weighted by Crippen LogP contribution is -2.16. The molecule has 0 saturated carbocycles. The van der Waals surface area contributed by atoms with Crippen LogP contribution in [-0.2, 0) is 6.54 Å². The maximum atomic E-state index is 5.13. The smallest absolute Gasteiger partial charge is 0.210 e. The second-order valence-corrected chi connectivity index (χ2v) is 3.22. The maximum absolute atomic E-state index is 5.13. The van der Waals surface area contributed by atoms with Crippen molar-refractivity contribution in [3.8, 4) is 12.3 Å². The van der Waals surface area contributed by atoms with E-state index in [-0.39, 0.29) is 0 Å². The predicted molar refractivity (Wildman–Crippen MR) is 51.3 cm³/mol. The lowest BCUT2D eigenvalue weighted by Gasteiger charge is -2.01. The lowest BCUT2D eigenvalue weighted by atomic mass is 10.6. The molecule has 5 nitrogen and oxygen atoms in total. The van der Waals surface area contributed by atoms with E-state index < -0.39 is 0 Å². The zero-order chi connectivity index (χ0) is 9.52. The summed E-state index contributed by atoms with van der Waals surface area (Å²) in [5.41, 5.74) is 0. The van der Waals surface area contributed by atoms with Gasteiger partial charge < -0.3 is 5.32 Å². The maximum Gasteiger partial charge on any atom is 0.210 e. The Hall–Kier alpha value is -1.06. The fourth-order valence-corrected chi connectivity index (χ4v) is 1.35. The molecule has 0 unspecified atom stereocenters. The molecule has 0 fully saturated rings. The van der Waals surface area contributed by atoms with E-state index in [2.05, 4.69) is 26.8 Å². The molecule has 0 saturated heterocycles. The van der Waals surface area contributed by atoms with Gasteiger partial charge in [0.05, 0.1) is 12.3 Å². The first-order valence-corrected chi connectivity index (χ1v) is 4.84. The van der Waals surface area contributed by atoms with Crippen LogP contribution >= 0.6 is 11.8 Å². The zero-order valence-electron chi connectivity index (χ0n) is 7.40. The summed E-state index contributed by atoms with van der Waals surface area (Å²) in [4.78, 5) is 0. The molecule has 1 aromatic heterocycles. The predicted octanol–water partition coefficient (Wildman–Crippen LogP) is -0.382. The van der Waals surface area contributed by atoms with E-state index in [1.165, 1.54) is 11.8 Å². The third kappa shape index (κ3) is 3.05. The number of thioether (sulfide) groups is 1. The van der Waals surface area contributed by atoms with Gasteiger partial charge in [-0.15, -0.1) is 11.5 Å². The molecule has 0 amide bonds. The van der Waals surface area contributed by atoms with Crippen LogP contribution in [0.5, 0.6) is 0 Å². The van der Waals surface area contributed by atoms with E-state index in [1.54, 1.807) is 4.68 Å². The monoisotopic (exact) mass is 197 g/mol. The quantitative estimate of drug-likeness (QED) is 0.515.